The largest absolute Gasteiger partial charge is 0.490 e. The van der Waals surface area contributed by atoms with Crippen LogP contribution in [0.5, 0.6) is 5.75 Å². The molecule has 0 spiro atoms. The van der Waals surface area contributed by atoms with Crippen molar-refractivity contribution in [2.75, 3.05) is 13.2 Å². The Bertz CT molecular complexity index is 2170. The average Bonchev–Trinajstić information content (AvgIpc) is 3.78. The van der Waals surface area contributed by atoms with Crippen molar-refractivity contribution in [3.63, 3.8) is 0 Å². The number of benzene rings is 2. The maximum atomic E-state index is 16.0. The number of hydrogen-bond donors (Lipinski definition) is 1. The van der Waals surface area contributed by atoms with Gasteiger partial charge >= 0.3 is 0 Å². The van der Waals surface area contributed by atoms with E-state index < -0.39 is 17.7 Å². The molecule has 2 unspecified atom stereocenters. The Hall–Kier alpha value is -4.94. The fraction of sp³-hybridized carbons (Fsp3) is 0.235. The molecule has 0 radical (unpaired) electrons. The molecule has 5 heterocycles. The summed E-state index contributed by atoms with van der Waals surface area (Å²) in [6, 6.07) is 11.4. The summed E-state index contributed by atoms with van der Waals surface area (Å²) in [4.78, 5) is 23.9. The number of halogens is 2. The average molecular weight is 641 g/mol. The summed E-state index contributed by atoms with van der Waals surface area (Å²) in [6.07, 6.45) is 2.17. The van der Waals surface area contributed by atoms with Crippen molar-refractivity contribution < 1.29 is 23.4 Å². The Morgan fingerprint density at radius 1 is 1.20 bits per heavy atom. The van der Waals surface area contributed by atoms with Gasteiger partial charge < -0.3 is 19.3 Å². The van der Waals surface area contributed by atoms with Gasteiger partial charge in [0.25, 0.3) is 0 Å². The fourth-order valence-corrected chi connectivity index (χ4v) is 6.98. The van der Waals surface area contributed by atoms with Crippen molar-refractivity contribution in [3.05, 3.63) is 84.2 Å². The molecule has 46 heavy (non-hydrogen) atoms. The number of imidazole rings is 1. The maximum absolute atomic E-state index is 16.0. The molecule has 1 N–H and O–H groups in total. The van der Waals surface area contributed by atoms with Gasteiger partial charge in [-0.05, 0) is 49.6 Å². The first-order valence-corrected chi connectivity index (χ1v) is 15.6. The van der Waals surface area contributed by atoms with Gasteiger partial charge in [0.05, 0.1) is 57.7 Å². The van der Waals surface area contributed by atoms with Crippen LogP contribution >= 0.6 is 11.3 Å². The molecule has 0 saturated heterocycles. The SMILES string of the molecule is C=CC(=O)N1Cc2cc(-c3nc(-c4ccc5c(c4)ncn5C)c4sccc4c3-c3c(F)cc(F)cc3OCC(C)O)nn2C(C)C1. The lowest BCUT2D eigenvalue weighted by Gasteiger charge is -2.31. The molecule has 1 amide bonds. The number of aliphatic hydroxyl groups excluding tert-OH is 1. The number of hydrogen-bond acceptors (Lipinski definition) is 7. The number of rotatable bonds is 7. The van der Waals surface area contributed by atoms with Gasteiger partial charge in [0.1, 0.15) is 35.4 Å². The number of fused-ring (bicyclic) bond motifs is 3. The van der Waals surface area contributed by atoms with Crippen molar-refractivity contribution in [2.45, 2.75) is 32.5 Å². The van der Waals surface area contributed by atoms with Gasteiger partial charge in [-0.1, -0.05) is 12.6 Å². The summed E-state index contributed by atoms with van der Waals surface area (Å²) in [5, 5.41) is 17.5. The lowest BCUT2D eigenvalue weighted by molar-refractivity contribution is -0.127. The minimum absolute atomic E-state index is 0.0159. The van der Waals surface area contributed by atoms with E-state index in [4.69, 9.17) is 14.8 Å². The number of ether oxygens (including phenoxy) is 1. The molecule has 12 heteroatoms. The quantitative estimate of drug-likeness (QED) is 0.200. The van der Waals surface area contributed by atoms with Gasteiger partial charge in [-0.2, -0.15) is 5.10 Å². The van der Waals surface area contributed by atoms with Gasteiger partial charge in [-0.15, -0.1) is 11.3 Å². The van der Waals surface area contributed by atoms with Crippen LogP contribution in [0.4, 0.5) is 8.78 Å². The van der Waals surface area contributed by atoms with Gasteiger partial charge in [-0.3, -0.25) is 9.48 Å². The highest BCUT2D eigenvalue weighted by Gasteiger charge is 2.30. The summed E-state index contributed by atoms with van der Waals surface area (Å²) in [5.41, 5.74) is 5.25. The van der Waals surface area contributed by atoms with E-state index in [1.165, 1.54) is 24.3 Å². The standard InChI is InChI=1S/C34H30F2N6O3S/c1-5-29(44)41-14-18(2)42-22(15-41)13-26(39-42)33-30(31-24(36)11-21(35)12-28(31)45-16-19(3)43)23-8-9-46-34(23)32(38-33)20-6-7-27-25(10-20)37-17-40(27)4/h5-13,17-19,43H,1,14-16H2,2-4H3. The van der Waals surface area contributed by atoms with Crippen LogP contribution in [-0.4, -0.2) is 59.5 Å². The van der Waals surface area contributed by atoms with Crippen LogP contribution in [0.3, 0.4) is 0 Å². The molecule has 2 atom stereocenters. The minimum atomic E-state index is -0.871. The number of pyridine rings is 1. The third-order valence-electron chi connectivity index (χ3n) is 8.15. The second kappa shape index (κ2) is 11.5. The lowest BCUT2D eigenvalue weighted by Crippen LogP contribution is -2.39. The zero-order valence-corrected chi connectivity index (χ0v) is 26.2. The van der Waals surface area contributed by atoms with E-state index in [-0.39, 0.29) is 29.9 Å². The Labute approximate surface area is 267 Å². The molecule has 1 aliphatic heterocycles. The Balaban J connectivity index is 1.51. The molecule has 1 aliphatic rings. The van der Waals surface area contributed by atoms with Crippen LogP contribution in [0.15, 0.2) is 66.8 Å². The van der Waals surface area contributed by atoms with Gasteiger partial charge in [0.2, 0.25) is 5.91 Å². The molecule has 2 aromatic carbocycles. The summed E-state index contributed by atoms with van der Waals surface area (Å²) in [6.45, 7) is 7.72. The number of thiophene rings is 1. The highest BCUT2D eigenvalue weighted by Crippen LogP contribution is 2.47. The normalized spacial score (nSPS) is 15.3. The lowest BCUT2D eigenvalue weighted by atomic mass is 9.95. The molecule has 0 aliphatic carbocycles. The topological polar surface area (TPSA) is 98.3 Å². The van der Waals surface area contributed by atoms with Crippen molar-refractivity contribution in [3.8, 4) is 39.5 Å². The van der Waals surface area contributed by atoms with E-state index in [1.807, 2.05) is 58.9 Å². The van der Waals surface area contributed by atoms with Crippen molar-refractivity contribution in [1.82, 2.24) is 29.2 Å². The van der Waals surface area contributed by atoms with Gasteiger partial charge in [-0.25, -0.2) is 18.7 Å². The van der Waals surface area contributed by atoms with Crippen LogP contribution in [0.2, 0.25) is 0 Å². The first-order valence-electron chi connectivity index (χ1n) is 14.8. The molecule has 9 nitrogen and oxygen atoms in total. The van der Waals surface area contributed by atoms with Crippen LogP contribution < -0.4 is 4.74 Å². The molecule has 4 aromatic heterocycles. The zero-order valence-electron chi connectivity index (χ0n) is 25.4. The third-order valence-corrected chi connectivity index (χ3v) is 9.08. The molecule has 7 rings (SSSR count). The van der Waals surface area contributed by atoms with Gasteiger partial charge in [0, 0.05) is 42.2 Å². The number of carbonyl (C=O) groups is 1. The Morgan fingerprint density at radius 2 is 2.02 bits per heavy atom. The second-order valence-electron chi connectivity index (χ2n) is 11.6. The fourth-order valence-electron chi connectivity index (χ4n) is 6.07. The first-order chi connectivity index (χ1) is 22.1. The minimum Gasteiger partial charge on any atom is -0.490 e. The summed E-state index contributed by atoms with van der Waals surface area (Å²) in [5.74, 6) is -1.88. The molecular formula is C34H30F2N6O3S. The van der Waals surface area contributed by atoms with E-state index in [1.54, 1.807) is 11.2 Å². The van der Waals surface area contributed by atoms with Crippen LogP contribution in [-0.2, 0) is 18.4 Å². The second-order valence-corrected chi connectivity index (χ2v) is 12.5. The monoisotopic (exact) mass is 640 g/mol. The number of amides is 1. The zero-order chi connectivity index (χ0) is 32.3. The van der Waals surface area contributed by atoms with Crippen LogP contribution in [0.25, 0.3) is 54.9 Å². The van der Waals surface area contributed by atoms with Crippen molar-refractivity contribution >= 4 is 38.4 Å². The molecular weight excluding hydrogens is 610 g/mol. The Morgan fingerprint density at radius 3 is 2.80 bits per heavy atom. The van der Waals surface area contributed by atoms with E-state index in [9.17, 15) is 14.3 Å². The molecule has 0 fully saturated rings. The maximum Gasteiger partial charge on any atom is 0.246 e. The van der Waals surface area contributed by atoms with Crippen LogP contribution in [0, 0.1) is 11.6 Å². The number of aromatic nitrogens is 5. The van der Waals surface area contributed by atoms with E-state index in [0.29, 0.717) is 41.1 Å². The number of nitrogens with zero attached hydrogens (tertiary/aromatic N) is 6. The predicted octanol–water partition coefficient (Wildman–Crippen LogP) is 6.51. The van der Waals surface area contributed by atoms with Gasteiger partial charge in [0.15, 0.2) is 0 Å². The number of aryl methyl sites for hydroxylation is 1. The predicted molar refractivity (Wildman–Crippen MR) is 173 cm³/mol. The number of aliphatic hydroxyl groups is 1. The van der Waals surface area contributed by atoms with Crippen molar-refractivity contribution in [1.29, 1.82) is 0 Å². The third kappa shape index (κ3) is 5.03. The molecule has 0 saturated carbocycles. The highest BCUT2D eigenvalue weighted by molar-refractivity contribution is 7.17. The van der Waals surface area contributed by atoms with E-state index in [2.05, 4.69) is 11.6 Å². The summed E-state index contributed by atoms with van der Waals surface area (Å²) >= 11 is 1.45. The molecule has 234 valence electrons. The highest BCUT2D eigenvalue weighted by atomic mass is 32.1. The van der Waals surface area contributed by atoms with Crippen LogP contribution in [0.1, 0.15) is 25.6 Å². The number of carbonyl (C=O) groups excluding carboxylic acids is 1. The van der Waals surface area contributed by atoms with Crippen molar-refractivity contribution in [2.24, 2.45) is 7.05 Å². The smallest absolute Gasteiger partial charge is 0.246 e. The Kier molecular flexibility index (Phi) is 7.41. The molecule has 0 bridgehead atoms. The molecule has 6 aromatic rings. The first kappa shape index (κ1) is 29.8. The summed E-state index contributed by atoms with van der Waals surface area (Å²) < 4.78 is 41.0. The van der Waals surface area contributed by atoms with E-state index >= 15 is 4.39 Å². The summed E-state index contributed by atoms with van der Waals surface area (Å²) in [7, 11) is 1.93. The van der Waals surface area contributed by atoms with E-state index in [0.717, 1.165) is 39.1 Å².